The van der Waals surface area contributed by atoms with Gasteiger partial charge in [-0.2, -0.15) is 5.10 Å². The van der Waals surface area contributed by atoms with Crippen LogP contribution in [0.25, 0.3) is 11.1 Å². The summed E-state index contributed by atoms with van der Waals surface area (Å²) in [6.45, 7) is 1.19. The first-order valence-electron chi connectivity index (χ1n) is 8.68. The number of carbonyl (C=O) groups excluding carboxylic acids is 2. The molecule has 4 rings (SSSR count). The van der Waals surface area contributed by atoms with Crippen molar-refractivity contribution >= 4 is 23.0 Å². The molecule has 5 nitrogen and oxygen atoms in total. The van der Waals surface area contributed by atoms with Crippen LogP contribution >= 0.6 is 11.3 Å². The average molecular weight is 365 g/mol. The van der Waals surface area contributed by atoms with E-state index in [1.807, 2.05) is 46.7 Å². The van der Waals surface area contributed by atoms with Gasteiger partial charge in [-0.3, -0.25) is 14.7 Å². The minimum Gasteiger partial charge on any atom is -0.338 e. The van der Waals surface area contributed by atoms with Crippen molar-refractivity contribution in [1.82, 2.24) is 15.1 Å². The third-order valence-electron chi connectivity index (χ3n) is 4.78. The quantitative estimate of drug-likeness (QED) is 0.714. The van der Waals surface area contributed by atoms with Crippen LogP contribution in [0.2, 0.25) is 0 Å². The van der Waals surface area contributed by atoms with E-state index in [9.17, 15) is 9.59 Å². The number of nitrogens with zero attached hydrogens (tertiary/aromatic N) is 2. The summed E-state index contributed by atoms with van der Waals surface area (Å²) in [6.07, 6.45) is 5.24. The van der Waals surface area contributed by atoms with E-state index >= 15 is 0 Å². The highest BCUT2D eigenvalue weighted by Crippen LogP contribution is 2.25. The number of ketones is 1. The van der Waals surface area contributed by atoms with Crippen LogP contribution in [0.4, 0.5) is 0 Å². The van der Waals surface area contributed by atoms with E-state index in [1.165, 1.54) is 11.3 Å². The predicted molar refractivity (Wildman–Crippen MR) is 101 cm³/mol. The third-order valence-corrected chi connectivity index (χ3v) is 5.67. The van der Waals surface area contributed by atoms with Crippen LogP contribution in [0.3, 0.4) is 0 Å². The number of likely N-dealkylation sites (tertiary alicyclic amines) is 1. The van der Waals surface area contributed by atoms with Gasteiger partial charge in [0.25, 0.3) is 5.91 Å². The molecule has 1 saturated heterocycles. The van der Waals surface area contributed by atoms with Crippen LogP contribution in [-0.4, -0.2) is 39.9 Å². The van der Waals surface area contributed by atoms with Crippen molar-refractivity contribution < 1.29 is 9.59 Å². The molecule has 2 aromatic heterocycles. The van der Waals surface area contributed by atoms with E-state index < -0.39 is 0 Å². The van der Waals surface area contributed by atoms with Crippen molar-refractivity contribution in [2.45, 2.75) is 12.8 Å². The van der Waals surface area contributed by atoms with Crippen LogP contribution in [0.5, 0.6) is 0 Å². The van der Waals surface area contributed by atoms with Crippen LogP contribution in [-0.2, 0) is 0 Å². The minimum atomic E-state index is -0.108. The fraction of sp³-hybridized carbons (Fsp3) is 0.250. The van der Waals surface area contributed by atoms with Crippen LogP contribution in [0, 0.1) is 5.92 Å². The lowest BCUT2D eigenvalue weighted by atomic mass is 9.92. The molecular weight excluding hydrogens is 346 g/mol. The van der Waals surface area contributed by atoms with E-state index in [2.05, 4.69) is 10.2 Å². The fourth-order valence-electron chi connectivity index (χ4n) is 3.42. The second-order valence-corrected chi connectivity index (χ2v) is 7.45. The lowest BCUT2D eigenvalue weighted by Crippen LogP contribution is -2.42. The maximum atomic E-state index is 13.0. The van der Waals surface area contributed by atoms with E-state index in [-0.39, 0.29) is 17.6 Å². The molecule has 0 aliphatic carbocycles. The molecule has 132 valence electrons. The Morgan fingerprint density at radius 1 is 1.19 bits per heavy atom. The molecule has 6 heteroatoms. The zero-order valence-electron chi connectivity index (χ0n) is 14.2. The molecule has 1 aliphatic heterocycles. The van der Waals surface area contributed by atoms with E-state index in [0.29, 0.717) is 18.7 Å². The number of nitrogens with one attached hydrogen (secondary N) is 1. The standard InChI is InChI=1S/C20H19N3O2S/c24-19(18-7-3-9-26-18)16-6-2-8-23(13-16)20(25)15-5-1-4-14(10-15)17-11-21-22-12-17/h1,3-5,7,9-12,16H,2,6,8,13H2,(H,21,22)/t16-/m0/s1. The molecule has 1 amide bonds. The molecule has 0 bridgehead atoms. The number of thiophene rings is 1. The average Bonchev–Trinajstić information content (AvgIpc) is 3.41. The molecule has 1 fully saturated rings. The number of Topliss-reactive ketones (excluding diaryl/α,β-unsaturated/α-hetero) is 1. The van der Waals surface area contributed by atoms with Gasteiger partial charge in [-0.25, -0.2) is 0 Å². The predicted octanol–water partition coefficient (Wildman–Crippen LogP) is 3.87. The number of aromatic amines is 1. The number of rotatable bonds is 4. The second kappa shape index (κ2) is 7.25. The van der Waals surface area contributed by atoms with Gasteiger partial charge in [0.2, 0.25) is 0 Å². The normalized spacial score (nSPS) is 17.2. The molecule has 1 atom stereocenters. The SMILES string of the molecule is O=C(c1cccs1)[C@H]1CCCN(C(=O)c2cccc(-c3cn[nH]c3)c2)C1. The highest BCUT2D eigenvalue weighted by molar-refractivity contribution is 7.12. The lowest BCUT2D eigenvalue weighted by molar-refractivity contribution is 0.0638. The monoisotopic (exact) mass is 365 g/mol. The van der Waals surface area contributed by atoms with Gasteiger partial charge < -0.3 is 4.90 Å². The molecule has 1 aromatic carbocycles. The number of carbonyl (C=O) groups is 2. The summed E-state index contributed by atoms with van der Waals surface area (Å²) in [5.74, 6) is 0.0343. The number of aromatic nitrogens is 2. The zero-order chi connectivity index (χ0) is 17.9. The molecule has 0 spiro atoms. The Kier molecular flexibility index (Phi) is 4.67. The third kappa shape index (κ3) is 3.32. The Hall–Kier alpha value is -2.73. The van der Waals surface area contributed by atoms with Crippen LogP contribution < -0.4 is 0 Å². The van der Waals surface area contributed by atoms with E-state index in [0.717, 1.165) is 28.8 Å². The summed E-state index contributed by atoms with van der Waals surface area (Å²) >= 11 is 1.47. The summed E-state index contributed by atoms with van der Waals surface area (Å²) in [5, 5.41) is 8.67. The maximum Gasteiger partial charge on any atom is 0.253 e. The summed E-state index contributed by atoms with van der Waals surface area (Å²) in [6, 6.07) is 11.3. The molecule has 3 aromatic rings. The second-order valence-electron chi connectivity index (χ2n) is 6.50. The highest BCUT2D eigenvalue weighted by Gasteiger charge is 2.30. The van der Waals surface area contributed by atoms with Crippen LogP contribution in [0.15, 0.2) is 54.2 Å². The molecule has 1 N–H and O–H groups in total. The van der Waals surface area contributed by atoms with Gasteiger partial charge in [0.05, 0.1) is 11.1 Å². The number of amides is 1. The molecule has 0 unspecified atom stereocenters. The molecule has 0 saturated carbocycles. The number of benzene rings is 1. The number of hydrogen-bond acceptors (Lipinski definition) is 4. The summed E-state index contributed by atoms with van der Waals surface area (Å²) < 4.78 is 0. The van der Waals surface area contributed by atoms with Gasteiger partial charge in [0, 0.05) is 36.3 Å². The van der Waals surface area contributed by atoms with Gasteiger partial charge in [-0.1, -0.05) is 18.2 Å². The Morgan fingerprint density at radius 3 is 2.88 bits per heavy atom. The molecule has 3 heterocycles. The van der Waals surface area contributed by atoms with Gasteiger partial charge in [-0.05, 0) is 42.0 Å². The van der Waals surface area contributed by atoms with Crippen molar-refractivity contribution in [2.75, 3.05) is 13.1 Å². The number of piperidine rings is 1. The number of H-pyrrole nitrogens is 1. The first-order valence-corrected chi connectivity index (χ1v) is 9.56. The lowest BCUT2D eigenvalue weighted by Gasteiger charge is -2.32. The van der Waals surface area contributed by atoms with Gasteiger partial charge in [-0.15, -0.1) is 11.3 Å². The van der Waals surface area contributed by atoms with Crippen molar-refractivity contribution in [3.8, 4) is 11.1 Å². The van der Waals surface area contributed by atoms with Gasteiger partial charge in [0.15, 0.2) is 5.78 Å². The zero-order valence-corrected chi connectivity index (χ0v) is 15.0. The van der Waals surface area contributed by atoms with Gasteiger partial charge in [0.1, 0.15) is 0 Å². The topological polar surface area (TPSA) is 66.1 Å². The smallest absolute Gasteiger partial charge is 0.253 e. The van der Waals surface area contributed by atoms with Gasteiger partial charge >= 0.3 is 0 Å². The summed E-state index contributed by atoms with van der Waals surface area (Å²) in [4.78, 5) is 28.2. The Labute approximate surface area is 155 Å². The Morgan fingerprint density at radius 2 is 2.12 bits per heavy atom. The largest absolute Gasteiger partial charge is 0.338 e. The minimum absolute atomic E-state index is 0.0148. The van der Waals surface area contributed by atoms with E-state index in [4.69, 9.17) is 0 Å². The number of hydrogen-bond donors (Lipinski definition) is 1. The van der Waals surface area contributed by atoms with Crippen LogP contribution in [0.1, 0.15) is 32.9 Å². The van der Waals surface area contributed by atoms with Crippen molar-refractivity contribution in [3.05, 3.63) is 64.6 Å². The first kappa shape index (κ1) is 16.7. The van der Waals surface area contributed by atoms with Crippen molar-refractivity contribution in [1.29, 1.82) is 0 Å². The van der Waals surface area contributed by atoms with Crippen molar-refractivity contribution in [3.63, 3.8) is 0 Å². The first-order chi connectivity index (χ1) is 12.7. The molecule has 0 radical (unpaired) electrons. The van der Waals surface area contributed by atoms with E-state index in [1.54, 1.807) is 12.4 Å². The highest BCUT2D eigenvalue weighted by atomic mass is 32.1. The van der Waals surface area contributed by atoms with Crippen molar-refractivity contribution in [2.24, 2.45) is 5.92 Å². The fourth-order valence-corrected chi connectivity index (χ4v) is 4.16. The molecule has 26 heavy (non-hydrogen) atoms. The molecular formula is C20H19N3O2S. The summed E-state index contributed by atoms with van der Waals surface area (Å²) in [5.41, 5.74) is 2.55. The Balaban J connectivity index is 1.51. The maximum absolute atomic E-state index is 13.0. The Bertz CT molecular complexity index is 903. The molecule has 1 aliphatic rings. The summed E-state index contributed by atoms with van der Waals surface area (Å²) in [7, 11) is 0.